The molecule has 0 N–H and O–H groups in total. The van der Waals surface area contributed by atoms with Gasteiger partial charge in [0.15, 0.2) is 0 Å². The highest BCUT2D eigenvalue weighted by atomic mass is 16.1. The summed E-state index contributed by atoms with van der Waals surface area (Å²) in [6.45, 7) is 6.88. The Bertz CT molecular complexity index is 415. The van der Waals surface area contributed by atoms with E-state index < -0.39 is 0 Å². The smallest absolute Gasteiger partial charge is 0.141 e. The maximum atomic E-state index is 11.6. The number of nitrogens with zero attached hydrogens (tertiary/aromatic N) is 1. The SMILES string of the molecule is [CH]=CC=CC(C(C)=O)c1ccc(N(C)C)cc1. The number of Topliss-reactive ketones (excluding diaryl/α,β-unsaturated/α-hetero) is 1. The Kier molecular flexibility index (Phi) is 4.70. The van der Waals surface area contributed by atoms with E-state index in [1.807, 2.05) is 49.3 Å². The van der Waals surface area contributed by atoms with Crippen molar-refractivity contribution in [3.8, 4) is 0 Å². The molecule has 0 amide bonds. The van der Waals surface area contributed by atoms with Gasteiger partial charge in [-0.05, 0) is 24.6 Å². The lowest BCUT2D eigenvalue weighted by molar-refractivity contribution is -0.117. The Hall–Kier alpha value is -1.83. The molecule has 0 saturated carbocycles. The number of ketones is 1. The highest BCUT2D eigenvalue weighted by Gasteiger charge is 2.12. The van der Waals surface area contributed by atoms with Crippen LogP contribution >= 0.6 is 0 Å². The summed E-state index contributed by atoms with van der Waals surface area (Å²) >= 11 is 0. The first-order valence-corrected chi connectivity index (χ1v) is 5.55. The van der Waals surface area contributed by atoms with Crippen molar-refractivity contribution in [3.05, 3.63) is 54.6 Å². The van der Waals surface area contributed by atoms with Gasteiger partial charge < -0.3 is 4.90 Å². The van der Waals surface area contributed by atoms with E-state index in [-0.39, 0.29) is 11.7 Å². The van der Waals surface area contributed by atoms with Crippen LogP contribution in [0.1, 0.15) is 18.4 Å². The molecular formula is C15H18NO. The van der Waals surface area contributed by atoms with Crippen LogP contribution in [0.2, 0.25) is 0 Å². The van der Waals surface area contributed by atoms with E-state index >= 15 is 0 Å². The highest BCUT2D eigenvalue weighted by molar-refractivity contribution is 5.85. The summed E-state index contributed by atoms with van der Waals surface area (Å²) < 4.78 is 0. The molecule has 89 valence electrons. The summed E-state index contributed by atoms with van der Waals surface area (Å²) in [5, 5.41) is 0. The molecule has 0 aliphatic rings. The van der Waals surface area contributed by atoms with Gasteiger partial charge in [0, 0.05) is 19.8 Å². The van der Waals surface area contributed by atoms with Gasteiger partial charge in [0.2, 0.25) is 0 Å². The molecule has 1 rings (SSSR count). The average Bonchev–Trinajstić information content (AvgIpc) is 2.29. The van der Waals surface area contributed by atoms with Gasteiger partial charge in [0.25, 0.3) is 0 Å². The summed E-state index contributed by atoms with van der Waals surface area (Å²) in [7, 11) is 3.97. The highest BCUT2D eigenvalue weighted by Crippen LogP contribution is 2.21. The molecule has 0 fully saturated rings. The van der Waals surface area contributed by atoms with Crippen molar-refractivity contribution in [1.82, 2.24) is 0 Å². The maximum Gasteiger partial charge on any atom is 0.141 e. The molecule has 0 heterocycles. The summed E-state index contributed by atoms with van der Waals surface area (Å²) in [5.41, 5.74) is 2.10. The molecule has 0 saturated heterocycles. The van der Waals surface area contributed by atoms with E-state index in [9.17, 15) is 4.79 Å². The molecule has 1 aromatic carbocycles. The number of carbonyl (C=O) groups excluding carboxylic acids is 1. The minimum absolute atomic E-state index is 0.112. The second-order valence-electron chi connectivity index (χ2n) is 4.15. The molecule has 0 aromatic heterocycles. The third-order valence-corrected chi connectivity index (χ3v) is 2.62. The molecule has 0 aliphatic heterocycles. The number of hydrogen-bond donors (Lipinski definition) is 0. The zero-order valence-electron chi connectivity index (χ0n) is 10.6. The van der Waals surface area contributed by atoms with E-state index in [1.165, 1.54) is 6.08 Å². The first-order chi connectivity index (χ1) is 8.06. The summed E-state index contributed by atoms with van der Waals surface area (Å²) in [5.74, 6) is -0.105. The lowest BCUT2D eigenvalue weighted by Crippen LogP contribution is -2.09. The van der Waals surface area contributed by atoms with Gasteiger partial charge in [-0.1, -0.05) is 36.9 Å². The van der Waals surface area contributed by atoms with Gasteiger partial charge in [0.05, 0.1) is 5.92 Å². The zero-order valence-corrected chi connectivity index (χ0v) is 10.6. The zero-order chi connectivity index (χ0) is 12.8. The van der Waals surface area contributed by atoms with Crippen LogP contribution in [0, 0.1) is 6.58 Å². The quantitative estimate of drug-likeness (QED) is 0.722. The van der Waals surface area contributed by atoms with Crippen molar-refractivity contribution >= 4 is 11.5 Å². The molecule has 1 atom stereocenters. The van der Waals surface area contributed by atoms with E-state index in [1.54, 1.807) is 13.0 Å². The number of carbonyl (C=O) groups is 1. The van der Waals surface area contributed by atoms with E-state index in [4.69, 9.17) is 6.58 Å². The Morgan fingerprint density at radius 3 is 2.29 bits per heavy atom. The second-order valence-corrected chi connectivity index (χ2v) is 4.15. The van der Waals surface area contributed by atoms with Gasteiger partial charge in [0.1, 0.15) is 5.78 Å². The van der Waals surface area contributed by atoms with Crippen molar-refractivity contribution in [2.24, 2.45) is 0 Å². The second kappa shape index (κ2) is 6.04. The fraction of sp³-hybridized carbons (Fsp3) is 0.267. The predicted octanol–water partition coefficient (Wildman–Crippen LogP) is 2.97. The van der Waals surface area contributed by atoms with Gasteiger partial charge in [-0.15, -0.1) is 0 Å². The lowest BCUT2D eigenvalue weighted by atomic mass is 9.94. The van der Waals surface area contributed by atoms with Crippen molar-refractivity contribution in [2.75, 3.05) is 19.0 Å². The van der Waals surface area contributed by atoms with Crippen molar-refractivity contribution < 1.29 is 4.79 Å². The Morgan fingerprint density at radius 2 is 1.88 bits per heavy atom. The van der Waals surface area contributed by atoms with Crippen molar-refractivity contribution in [3.63, 3.8) is 0 Å². The number of anilines is 1. The fourth-order valence-electron chi connectivity index (χ4n) is 1.64. The topological polar surface area (TPSA) is 20.3 Å². The predicted molar refractivity (Wildman–Crippen MR) is 72.2 cm³/mol. The molecule has 1 aromatic rings. The molecule has 2 heteroatoms. The minimum Gasteiger partial charge on any atom is -0.378 e. The summed E-state index contributed by atoms with van der Waals surface area (Å²) in [4.78, 5) is 13.6. The van der Waals surface area contributed by atoms with Crippen LogP contribution in [0.25, 0.3) is 0 Å². The number of hydrogen-bond acceptors (Lipinski definition) is 2. The van der Waals surface area contributed by atoms with Gasteiger partial charge >= 0.3 is 0 Å². The van der Waals surface area contributed by atoms with Crippen molar-refractivity contribution in [1.29, 1.82) is 0 Å². The van der Waals surface area contributed by atoms with Crippen LogP contribution in [-0.2, 0) is 4.79 Å². The minimum atomic E-state index is -0.217. The van der Waals surface area contributed by atoms with Crippen LogP contribution in [0.3, 0.4) is 0 Å². The Morgan fingerprint density at radius 1 is 1.29 bits per heavy atom. The normalized spacial score (nSPS) is 12.4. The van der Waals surface area contributed by atoms with E-state index in [2.05, 4.69) is 0 Å². The van der Waals surface area contributed by atoms with Crippen LogP contribution in [0.5, 0.6) is 0 Å². The number of benzene rings is 1. The fourth-order valence-corrected chi connectivity index (χ4v) is 1.64. The van der Waals surface area contributed by atoms with Crippen LogP contribution in [0.15, 0.2) is 42.5 Å². The molecule has 2 nitrogen and oxygen atoms in total. The molecule has 17 heavy (non-hydrogen) atoms. The summed E-state index contributed by atoms with van der Waals surface area (Å²) in [6, 6.07) is 7.96. The monoisotopic (exact) mass is 228 g/mol. The van der Waals surface area contributed by atoms with Gasteiger partial charge in [-0.3, -0.25) is 4.79 Å². The third-order valence-electron chi connectivity index (χ3n) is 2.62. The standard InChI is InChI=1S/C15H18NO/c1-5-6-7-15(12(2)17)13-8-10-14(11-9-13)16(3)4/h1,5-11,15H,2-4H3. The van der Waals surface area contributed by atoms with E-state index in [0.717, 1.165) is 11.3 Å². The molecular weight excluding hydrogens is 210 g/mol. The third kappa shape index (κ3) is 3.59. The van der Waals surface area contributed by atoms with Crippen LogP contribution in [0.4, 0.5) is 5.69 Å². The summed E-state index contributed by atoms with van der Waals surface area (Å²) in [6.07, 6.45) is 4.95. The van der Waals surface area contributed by atoms with Crippen LogP contribution in [-0.4, -0.2) is 19.9 Å². The molecule has 0 spiro atoms. The number of allylic oxidation sites excluding steroid dienone is 3. The first kappa shape index (κ1) is 13.2. The van der Waals surface area contributed by atoms with Crippen molar-refractivity contribution in [2.45, 2.75) is 12.8 Å². The van der Waals surface area contributed by atoms with Crippen LogP contribution < -0.4 is 4.90 Å². The first-order valence-electron chi connectivity index (χ1n) is 5.55. The largest absolute Gasteiger partial charge is 0.378 e. The Labute approximate surface area is 103 Å². The maximum absolute atomic E-state index is 11.6. The lowest BCUT2D eigenvalue weighted by Gasteiger charge is -2.14. The number of rotatable bonds is 5. The molecule has 1 radical (unpaired) electrons. The Balaban J connectivity index is 2.99. The van der Waals surface area contributed by atoms with Gasteiger partial charge in [-0.2, -0.15) is 0 Å². The molecule has 1 unspecified atom stereocenters. The van der Waals surface area contributed by atoms with E-state index in [0.29, 0.717) is 0 Å². The average molecular weight is 228 g/mol. The molecule has 0 bridgehead atoms. The molecule has 0 aliphatic carbocycles. The van der Waals surface area contributed by atoms with Gasteiger partial charge in [-0.25, -0.2) is 0 Å².